The highest BCUT2D eigenvalue weighted by molar-refractivity contribution is 5.61. The highest BCUT2D eigenvalue weighted by Gasteiger charge is 2.59. The fourth-order valence-corrected chi connectivity index (χ4v) is 12.2. The molecule has 2 heteroatoms. The smallest absolute Gasteiger partial charge is 0.127 e. The van der Waals surface area contributed by atoms with Crippen LogP contribution in [0.5, 0.6) is 5.75 Å². The quantitative estimate of drug-likeness (QED) is 0.354. The lowest BCUT2D eigenvalue weighted by Crippen LogP contribution is -2.53. The molecule has 1 aromatic rings. The molecule has 0 aromatic heterocycles. The molecule has 9 fully saturated rings. The standard InChI is InChI=1S/C37H54O2/c1-34(2,3)29-13-30(35(4,5)6)33(39-21-28-20-38-28)32(37-17-25-10-26(18-37)12-27(11-25)19-37)31(29)36-14-22-7-23(15-36)9-24(8-22)16-36/h13,22-28H,7-12,14-21H2,1-6H3. The van der Waals surface area contributed by atoms with E-state index in [1.165, 1.54) is 88.4 Å². The van der Waals surface area contributed by atoms with E-state index in [0.717, 1.165) is 48.7 Å². The van der Waals surface area contributed by atoms with Gasteiger partial charge in [0.1, 0.15) is 18.5 Å². The molecule has 1 saturated heterocycles. The minimum absolute atomic E-state index is 0.0524. The lowest BCUT2D eigenvalue weighted by molar-refractivity contribution is -0.0192. The Balaban J connectivity index is 1.42. The van der Waals surface area contributed by atoms with Crippen LogP contribution < -0.4 is 4.74 Å². The fourth-order valence-electron chi connectivity index (χ4n) is 12.2. The Labute approximate surface area is 238 Å². The normalized spacial score (nSPS) is 43.8. The van der Waals surface area contributed by atoms with Crippen LogP contribution in [0.15, 0.2) is 6.07 Å². The van der Waals surface area contributed by atoms with E-state index in [1.54, 1.807) is 11.1 Å². The molecular formula is C37H54O2. The average molecular weight is 531 g/mol. The van der Waals surface area contributed by atoms with Crippen molar-refractivity contribution in [1.29, 1.82) is 0 Å². The minimum Gasteiger partial charge on any atom is -0.490 e. The number of ether oxygens (including phenoxy) is 2. The molecule has 1 atom stereocenters. The summed E-state index contributed by atoms with van der Waals surface area (Å²) in [7, 11) is 0. The molecule has 0 N–H and O–H groups in total. The summed E-state index contributed by atoms with van der Waals surface area (Å²) in [5.41, 5.74) is 7.67. The number of rotatable bonds is 5. The summed E-state index contributed by atoms with van der Waals surface area (Å²) >= 11 is 0. The summed E-state index contributed by atoms with van der Waals surface area (Å²) in [5, 5.41) is 0. The highest BCUT2D eigenvalue weighted by Crippen LogP contribution is 2.68. The zero-order valence-electron chi connectivity index (χ0n) is 25.8. The number of epoxide rings is 1. The van der Waals surface area contributed by atoms with Crippen molar-refractivity contribution in [3.05, 3.63) is 28.3 Å². The van der Waals surface area contributed by atoms with E-state index in [9.17, 15) is 0 Å². The van der Waals surface area contributed by atoms with Gasteiger partial charge in [0.25, 0.3) is 0 Å². The maximum absolute atomic E-state index is 7.15. The second kappa shape index (κ2) is 8.29. The zero-order chi connectivity index (χ0) is 26.9. The first-order valence-electron chi connectivity index (χ1n) is 16.9. The van der Waals surface area contributed by atoms with Crippen molar-refractivity contribution < 1.29 is 9.47 Å². The first kappa shape index (κ1) is 25.7. The fraction of sp³-hybridized carbons (Fsp3) is 0.838. The Bertz CT molecular complexity index is 1080. The van der Waals surface area contributed by atoms with Gasteiger partial charge in [0.2, 0.25) is 0 Å². The van der Waals surface area contributed by atoms with Gasteiger partial charge < -0.3 is 9.47 Å². The van der Waals surface area contributed by atoms with Crippen molar-refractivity contribution in [3.8, 4) is 5.75 Å². The van der Waals surface area contributed by atoms with Crippen molar-refractivity contribution in [1.82, 2.24) is 0 Å². The van der Waals surface area contributed by atoms with E-state index in [0.29, 0.717) is 16.9 Å². The predicted molar refractivity (Wildman–Crippen MR) is 159 cm³/mol. The Morgan fingerprint density at radius 2 is 1.03 bits per heavy atom. The van der Waals surface area contributed by atoms with Crippen LogP contribution in [0.2, 0.25) is 0 Å². The van der Waals surface area contributed by atoms with Crippen LogP contribution in [0.4, 0.5) is 0 Å². The molecule has 1 heterocycles. The third kappa shape index (κ3) is 4.11. The Hall–Kier alpha value is -1.02. The molecule has 8 bridgehead atoms. The van der Waals surface area contributed by atoms with E-state index in [4.69, 9.17) is 9.47 Å². The summed E-state index contributed by atoms with van der Waals surface area (Å²) in [5.74, 6) is 7.03. The lowest BCUT2D eigenvalue weighted by Gasteiger charge is -2.62. The molecule has 2 nitrogen and oxygen atoms in total. The molecule has 0 amide bonds. The van der Waals surface area contributed by atoms with Crippen LogP contribution in [0.25, 0.3) is 0 Å². The van der Waals surface area contributed by atoms with Gasteiger partial charge >= 0.3 is 0 Å². The zero-order valence-corrected chi connectivity index (χ0v) is 25.8. The van der Waals surface area contributed by atoms with Crippen molar-refractivity contribution in [3.63, 3.8) is 0 Å². The Morgan fingerprint density at radius 1 is 0.641 bits per heavy atom. The predicted octanol–water partition coefficient (Wildman–Crippen LogP) is 8.99. The molecule has 8 saturated carbocycles. The van der Waals surface area contributed by atoms with E-state index in [2.05, 4.69) is 47.6 Å². The second-order valence-corrected chi connectivity index (χ2v) is 18.2. The molecular weight excluding hydrogens is 476 g/mol. The van der Waals surface area contributed by atoms with E-state index >= 15 is 0 Å². The van der Waals surface area contributed by atoms with Crippen molar-refractivity contribution in [2.24, 2.45) is 35.5 Å². The second-order valence-electron chi connectivity index (χ2n) is 18.2. The molecule has 214 valence electrons. The molecule has 9 aliphatic rings. The number of benzene rings is 1. The molecule has 39 heavy (non-hydrogen) atoms. The van der Waals surface area contributed by atoms with Crippen molar-refractivity contribution in [2.75, 3.05) is 13.2 Å². The van der Waals surface area contributed by atoms with Gasteiger partial charge in [0.15, 0.2) is 0 Å². The Kier molecular flexibility index (Phi) is 5.46. The molecule has 1 aromatic carbocycles. The average Bonchev–Trinajstić information content (AvgIpc) is 3.63. The van der Waals surface area contributed by atoms with Crippen LogP contribution in [0, 0.1) is 35.5 Å². The summed E-state index contributed by atoms with van der Waals surface area (Å²) in [6.07, 6.45) is 18.0. The van der Waals surface area contributed by atoms with Gasteiger partial charge in [-0.3, -0.25) is 0 Å². The van der Waals surface area contributed by atoms with Crippen LogP contribution in [-0.2, 0) is 26.4 Å². The molecule has 8 aliphatic carbocycles. The number of hydrogen-bond acceptors (Lipinski definition) is 2. The van der Waals surface area contributed by atoms with Crippen molar-refractivity contribution >= 4 is 0 Å². The topological polar surface area (TPSA) is 21.8 Å². The van der Waals surface area contributed by atoms with Crippen LogP contribution in [0.1, 0.15) is 141 Å². The van der Waals surface area contributed by atoms with Gasteiger partial charge in [-0.15, -0.1) is 0 Å². The van der Waals surface area contributed by atoms with Crippen LogP contribution >= 0.6 is 0 Å². The first-order chi connectivity index (χ1) is 18.4. The molecule has 10 rings (SSSR count). The maximum Gasteiger partial charge on any atom is 0.127 e. The largest absolute Gasteiger partial charge is 0.490 e. The van der Waals surface area contributed by atoms with Crippen molar-refractivity contribution in [2.45, 2.75) is 146 Å². The third-order valence-electron chi connectivity index (χ3n) is 12.8. The van der Waals surface area contributed by atoms with Gasteiger partial charge in [0, 0.05) is 16.5 Å². The Morgan fingerprint density at radius 3 is 1.38 bits per heavy atom. The maximum atomic E-state index is 7.15. The van der Waals surface area contributed by atoms with Gasteiger partial charge in [-0.05, 0) is 140 Å². The lowest BCUT2D eigenvalue weighted by atomic mass is 9.43. The van der Waals surface area contributed by atoms with Gasteiger partial charge in [0.05, 0.1) is 6.61 Å². The SMILES string of the molecule is CC(C)(C)c1cc(C(C)(C)C)c(C23CC4CC(CC(C4)C2)C3)c(C23CC4CC(CC(C4)C2)C3)c1OCC1CO1. The van der Waals surface area contributed by atoms with Gasteiger partial charge in [-0.1, -0.05) is 47.6 Å². The van der Waals surface area contributed by atoms with E-state index < -0.39 is 0 Å². The monoisotopic (exact) mass is 530 g/mol. The van der Waals surface area contributed by atoms with Crippen LogP contribution in [-0.4, -0.2) is 19.3 Å². The minimum atomic E-state index is 0.0524. The molecule has 1 aliphatic heterocycles. The highest BCUT2D eigenvalue weighted by atomic mass is 16.6. The molecule has 0 spiro atoms. The molecule has 1 unspecified atom stereocenters. The number of hydrogen-bond donors (Lipinski definition) is 0. The third-order valence-corrected chi connectivity index (χ3v) is 12.8. The van der Waals surface area contributed by atoms with E-state index in [-0.39, 0.29) is 10.8 Å². The first-order valence-corrected chi connectivity index (χ1v) is 16.9. The summed E-state index contributed by atoms with van der Waals surface area (Å²) in [6, 6.07) is 2.68. The van der Waals surface area contributed by atoms with E-state index in [1.807, 2.05) is 5.56 Å². The van der Waals surface area contributed by atoms with Gasteiger partial charge in [-0.25, -0.2) is 0 Å². The van der Waals surface area contributed by atoms with Crippen LogP contribution in [0.3, 0.4) is 0 Å². The summed E-state index contributed by atoms with van der Waals surface area (Å²) < 4.78 is 12.9. The summed E-state index contributed by atoms with van der Waals surface area (Å²) in [4.78, 5) is 0. The molecule has 0 radical (unpaired) electrons. The van der Waals surface area contributed by atoms with Gasteiger partial charge in [-0.2, -0.15) is 0 Å². The summed E-state index contributed by atoms with van der Waals surface area (Å²) in [6.45, 7) is 16.5.